The number of aromatic nitrogens is 3. The molecular formula is C25H22N4O2S. The average molecular weight is 443 g/mol. The lowest BCUT2D eigenvalue weighted by molar-refractivity contribution is -0.116. The number of methoxy groups -OCH3 is 1. The second-order valence-corrected chi connectivity index (χ2v) is 8.33. The summed E-state index contributed by atoms with van der Waals surface area (Å²) in [5.74, 6) is 1.75. The zero-order valence-electron chi connectivity index (χ0n) is 17.6. The number of ether oxygens (including phenoxy) is 1. The number of hydrogen-bond acceptors (Lipinski definition) is 5. The topological polar surface area (TPSA) is 60.3 Å². The summed E-state index contributed by atoms with van der Waals surface area (Å²) in [5.41, 5.74) is 4.01. The zero-order valence-corrected chi connectivity index (χ0v) is 18.5. The van der Waals surface area contributed by atoms with Gasteiger partial charge in [-0.15, -0.1) is 10.2 Å². The standard InChI is InChI=1S/C25H22N4O2S/c1-31-22-14-8-6-12-20(22)24-26-27-25(29(24)19-10-3-2-4-11-19)32-17-23(30)28-16-15-18-9-5-7-13-21(18)28/h2-14H,15-17H2,1H3. The number of rotatable bonds is 6. The first-order valence-electron chi connectivity index (χ1n) is 10.4. The van der Waals surface area contributed by atoms with Crippen LogP contribution in [0.4, 0.5) is 5.69 Å². The predicted octanol–water partition coefficient (Wildman–Crippen LogP) is 4.62. The number of fused-ring (bicyclic) bond motifs is 1. The summed E-state index contributed by atoms with van der Waals surface area (Å²) >= 11 is 1.40. The van der Waals surface area contributed by atoms with Crippen LogP contribution in [0.3, 0.4) is 0 Å². The van der Waals surface area contributed by atoms with Crippen molar-refractivity contribution < 1.29 is 9.53 Å². The quantitative estimate of drug-likeness (QED) is 0.408. The normalized spacial score (nSPS) is 12.6. The summed E-state index contributed by atoms with van der Waals surface area (Å²) in [5, 5.41) is 9.57. The highest BCUT2D eigenvalue weighted by molar-refractivity contribution is 7.99. The number of amides is 1. The van der Waals surface area contributed by atoms with Crippen molar-refractivity contribution in [2.45, 2.75) is 11.6 Å². The lowest BCUT2D eigenvalue weighted by atomic mass is 10.2. The van der Waals surface area contributed by atoms with Crippen LogP contribution in [-0.4, -0.2) is 40.1 Å². The Morgan fingerprint density at radius 3 is 2.56 bits per heavy atom. The Labute approximate surface area is 190 Å². The first-order chi connectivity index (χ1) is 15.8. The number of anilines is 1. The molecule has 5 rings (SSSR count). The van der Waals surface area contributed by atoms with E-state index in [0.717, 1.165) is 35.7 Å². The van der Waals surface area contributed by atoms with E-state index in [9.17, 15) is 4.79 Å². The van der Waals surface area contributed by atoms with E-state index in [1.807, 2.05) is 82.3 Å². The molecular weight excluding hydrogens is 420 g/mol. The van der Waals surface area contributed by atoms with Crippen LogP contribution in [0, 0.1) is 0 Å². The van der Waals surface area contributed by atoms with Crippen LogP contribution < -0.4 is 9.64 Å². The van der Waals surface area contributed by atoms with Gasteiger partial charge in [0.2, 0.25) is 5.91 Å². The number of para-hydroxylation sites is 3. The number of hydrogen-bond donors (Lipinski definition) is 0. The molecule has 1 aliphatic heterocycles. The van der Waals surface area contributed by atoms with Gasteiger partial charge in [0.25, 0.3) is 0 Å². The molecule has 1 aromatic heterocycles. The van der Waals surface area contributed by atoms with E-state index in [4.69, 9.17) is 4.74 Å². The lowest BCUT2D eigenvalue weighted by Gasteiger charge is -2.17. The fraction of sp³-hybridized carbons (Fsp3) is 0.160. The fourth-order valence-electron chi connectivity index (χ4n) is 3.98. The number of thioether (sulfide) groups is 1. The summed E-state index contributed by atoms with van der Waals surface area (Å²) in [4.78, 5) is 14.9. The van der Waals surface area contributed by atoms with E-state index in [-0.39, 0.29) is 11.7 Å². The number of carbonyl (C=O) groups excluding carboxylic acids is 1. The maximum atomic E-state index is 13.0. The molecule has 6 nitrogen and oxygen atoms in total. The van der Waals surface area contributed by atoms with Crippen molar-refractivity contribution in [2.75, 3.05) is 24.3 Å². The highest BCUT2D eigenvalue weighted by atomic mass is 32.2. The van der Waals surface area contributed by atoms with Gasteiger partial charge in [-0.3, -0.25) is 9.36 Å². The zero-order chi connectivity index (χ0) is 21.9. The molecule has 0 aliphatic carbocycles. The number of carbonyl (C=O) groups is 1. The Bertz CT molecular complexity index is 1260. The average Bonchev–Trinajstić information content (AvgIpc) is 3.47. The number of benzene rings is 3. The number of nitrogens with zero attached hydrogens (tertiary/aromatic N) is 4. The molecule has 2 heterocycles. The molecule has 4 aromatic rings. The van der Waals surface area contributed by atoms with E-state index in [2.05, 4.69) is 16.3 Å². The van der Waals surface area contributed by atoms with Crippen molar-refractivity contribution >= 4 is 23.4 Å². The van der Waals surface area contributed by atoms with Crippen molar-refractivity contribution in [3.05, 3.63) is 84.4 Å². The van der Waals surface area contributed by atoms with Gasteiger partial charge in [-0.2, -0.15) is 0 Å². The van der Waals surface area contributed by atoms with Gasteiger partial charge in [0.15, 0.2) is 11.0 Å². The van der Waals surface area contributed by atoms with Crippen LogP contribution >= 0.6 is 11.8 Å². The SMILES string of the molecule is COc1ccccc1-c1nnc(SCC(=O)N2CCc3ccccc32)n1-c1ccccc1. The highest BCUT2D eigenvalue weighted by Crippen LogP contribution is 2.34. The molecule has 32 heavy (non-hydrogen) atoms. The van der Waals surface area contributed by atoms with Crippen LogP contribution in [0.2, 0.25) is 0 Å². The first-order valence-corrected chi connectivity index (χ1v) is 11.4. The Morgan fingerprint density at radius 2 is 1.72 bits per heavy atom. The molecule has 0 unspecified atom stereocenters. The van der Waals surface area contributed by atoms with Crippen LogP contribution in [0.15, 0.2) is 84.0 Å². The maximum Gasteiger partial charge on any atom is 0.237 e. The van der Waals surface area contributed by atoms with Gasteiger partial charge in [-0.1, -0.05) is 60.3 Å². The molecule has 0 saturated heterocycles. The molecule has 0 spiro atoms. The molecule has 0 saturated carbocycles. The predicted molar refractivity (Wildman–Crippen MR) is 127 cm³/mol. The van der Waals surface area contributed by atoms with Crippen molar-refractivity contribution in [2.24, 2.45) is 0 Å². The smallest absolute Gasteiger partial charge is 0.237 e. The van der Waals surface area contributed by atoms with Crippen molar-refractivity contribution in [1.29, 1.82) is 0 Å². The van der Waals surface area contributed by atoms with Crippen molar-refractivity contribution in [3.63, 3.8) is 0 Å². The Balaban J connectivity index is 1.46. The monoisotopic (exact) mass is 442 g/mol. The van der Waals surface area contributed by atoms with Crippen LogP contribution in [0.5, 0.6) is 5.75 Å². The third-order valence-electron chi connectivity index (χ3n) is 5.51. The first kappa shape index (κ1) is 20.3. The second kappa shape index (κ2) is 8.88. The summed E-state index contributed by atoms with van der Waals surface area (Å²) in [6.45, 7) is 0.719. The Kier molecular flexibility index (Phi) is 5.64. The molecule has 0 fully saturated rings. The van der Waals surface area contributed by atoms with Gasteiger partial charge in [-0.25, -0.2) is 0 Å². The molecule has 0 N–H and O–H groups in total. The minimum Gasteiger partial charge on any atom is -0.496 e. The largest absolute Gasteiger partial charge is 0.496 e. The van der Waals surface area contributed by atoms with Crippen LogP contribution in [0.25, 0.3) is 17.1 Å². The van der Waals surface area contributed by atoms with Gasteiger partial charge in [0.05, 0.1) is 18.4 Å². The third kappa shape index (κ3) is 3.76. The van der Waals surface area contributed by atoms with E-state index in [1.54, 1.807) is 7.11 Å². The van der Waals surface area contributed by atoms with Crippen LogP contribution in [0.1, 0.15) is 5.56 Å². The Hall–Kier alpha value is -3.58. The summed E-state index contributed by atoms with van der Waals surface area (Å²) in [6, 6.07) is 25.8. The van der Waals surface area contributed by atoms with Crippen LogP contribution in [-0.2, 0) is 11.2 Å². The minimum absolute atomic E-state index is 0.0707. The molecule has 1 aliphatic rings. The Morgan fingerprint density at radius 1 is 0.969 bits per heavy atom. The van der Waals surface area contributed by atoms with Gasteiger partial charge < -0.3 is 9.64 Å². The second-order valence-electron chi connectivity index (χ2n) is 7.39. The third-order valence-corrected chi connectivity index (χ3v) is 6.42. The van der Waals surface area contributed by atoms with E-state index >= 15 is 0 Å². The minimum atomic E-state index is 0.0707. The molecule has 0 radical (unpaired) electrons. The summed E-state index contributed by atoms with van der Waals surface area (Å²) in [6.07, 6.45) is 0.894. The summed E-state index contributed by atoms with van der Waals surface area (Å²) in [7, 11) is 1.64. The van der Waals surface area contributed by atoms with Gasteiger partial charge in [0, 0.05) is 17.9 Å². The molecule has 3 aromatic carbocycles. The molecule has 0 bridgehead atoms. The van der Waals surface area contributed by atoms with E-state index in [1.165, 1.54) is 17.3 Å². The van der Waals surface area contributed by atoms with Gasteiger partial charge in [-0.05, 0) is 42.3 Å². The fourth-order valence-corrected chi connectivity index (χ4v) is 4.81. The van der Waals surface area contributed by atoms with Crippen molar-refractivity contribution in [3.8, 4) is 22.8 Å². The maximum absolute atomic E-state index is 13.0. The van der Waals surface area contributed by atoms with E-state index in [0.29, 0.717) is 11.0 Å². The summed E-state index contributed by atoms with van der Waals surface area (Å²) < 4.78 is 7.53. The van der Waals surface area contributed by atoms with Crippen molar-refractivity contribution in [1.82, 2.24) is 14.8 Å². The van der Waals surface area contributed by atoms with E-state index < -0.39 is 0 Å². The van der Waals surface area contributed by atoms with Gasteiger partial charge in [0.1, 0.15) is 5.75 Å². The highest BCUT2D eigenvalue weighted by Gasteiger charge is 2.25. The molecule has 160 valence electrons. The lowest BCUT2D eigenvalue weighted by Crippen LogP contribution is -2.30. The van der Waals surface area contributed by atoms with Gasteiger partial charge >= 0.3 is 0 Å². The molecule has 1 amide bonds. The molecule has 0 atom stereocenters. The molecule has 7 heteroatoms.